The number of benzene rings is 2. The molecule has 1 N–H and O–H groups in total. The van der Waals surface area contributed by atoms with Crippen LogP contribution in [0.3, 0.4) is 0 Å². The van der Waals surface area contributed by atoms with Crippen molar-refractivity contribution in [3.05, 3.63) is 81.5 Å². The van der Waals surface area contributed by atoms with Gasteiger partial charge in [-0.1, -0.05) is 44.2 Å². The van der Waals surface area contributed by atoms with E-state index in [1.165, 1.54) is 12.1 Å². The maximum absolute atomic E-state index is 13.2. The second-order valence-electron chi connectivity index (χ2n) is 8.78. The van der Waals surface area contributed by atoms with E-state index >= 15 is 0 Å². The Morgan fingerprint density at radius 3 is 2.48 bits per heavy atom. The van der Waals surface area contributed by atoms with Gasteiger partial charge in [0, 0.05) is 35.4 Å². The second-order valence-corrected chi connectivity index (χ2v) is 8.78. The monoisotopic (exact) mass is 415 g/mol. The number of fused-ring (bicyclic) bond motifs is 1. The third-order valence-corrected chi connectivity index (χ3v) is 5.78. The first-order valence-corrected chi connectivity index (χ1v) is 10.1. The topological polar surface area (TPSA) is 103 Å². The number of hydrogen-bond donors (Lipinski definition) is 1. The molecule has 2 heterocycles. The van der Waals surface area contributed by atoms with Crippen LogP contribution in [0.15, 0.2) is 65.9 Å². The number of allylic oxidation sites excluding steroid dienone is 2. The highest BCUT2D eigenvalue weighted by Gasteiger charge is 2.42. The van der Waals surface area contributed by atoms with Crippen LogP contribution in [0.1, 0.15) is 38.3 Å². The molecule has 156 valence electrons. The van der Waals surface area contributed by atoms with Crippen LogP contribution >= 0.6 is 0 Å². The molecule has 1 aliphatic carbocycles. The quantitative estimate of drug-likeness (QED) is 0.499. The zero-order valence-corrected chi connectivity index (χ0v) is 17.2. The molecule has 8 nitrogen and oxygen atoms in total. The minimum atomic E-state index is -0.486. The van der Waals surface area contributed by atoms with Crippen molar-refractivity contribution in [2.24, 2.45) is 5.41 Å². The summed E-state index contributed by atoms with van der Waals surface area (Å²) in [5.41, 5.74) is 2.99. The summed E-state index contributed by atoms with van der Waals surface area (Å²) in [5, 5.41) is 19.2. The van der Waals surface area contributed by atoms with Gasteiger partial charge < -0.3 is 5.32 Å². The van der Waals surface area contributed by atoms with Gasteiger partial charge in [0.1, 0.15) is 6.04 Å². The molecule has 3 aromatic rings. The van der Waals surface area contributed by atoms with Gasteiger partial charge in [-0.15, -0.1) is 5.10 Å². The molecular weight excluding hydrogens is 394 g/mol. The molecule has 0 bridgehead atoms. The van der Waals surface area contributed by atoms with E-state index in [9.17, 15) is 14.9 Å². The highest BCUT2D eigenvalue weighted by Crippen LogP contribution is 2.45. The summed E-state index contributed by atoms with van der Waals surface area (Å²) in [6.45, 7) is 4.15. The van der Waals surface area contributed by atoms with E-state index in [2.05, 4.69) is 19.2 Å². The molecule has 1 aliphatic heterocycles. The Balaban J connectivity index is 1.67. The van der Waals surface area contributed by atoms with Crippen LogP contribution in [0.4, 0.5) is 11.6 Å². The average molecular weight is 415 g/mol. The van der Waals surface area contributed by atoms with Crippen LogP contribution in [-0.4, -0.2) is 25.5 Å². The van der Waals surface area contributed by atoms with E-state index in [-0.39, 0.29) is 16.9 Å². The van der Waals surface area contributed by atoms with Crippen LogP contribution in [-0.2, 0) is 4.79 Å². The Morgan fingerprint density at radius 1 is 1.10 bits per heavy atom. The van der Waals surface area contributed by atoms with Crippen molar-refractivity contribution in [1.82, 2.24) is 14.8 Å². The van der Waals surface area contributed by atoms with Crippen LogP contribution in [0.5, 0.6) is 0 Å². The number of hydrogen-bond acceptors (Lipinski definition) is 6. The molecule has 5 rings (SSSR count). The zero-order valence-electron chi connectivity index (χ0n) is 17.2. The number of ketones is 1. The van der Waals surface area contributed by atoms with Crippen molar-refractivity contribution in [1.29, 1.82) is 0 Å². The zero-order chi connectivity index (χ0) is 21.8. The fourth-order valence-corrected chi connectivity index (χ4v) is 4.41. The van der Waals surface area contributed by atoms with Gasteiger partial charge in [-0.3, -0.25) is 14.9 Å². The number of anilines is 1. The predicted molar refractivity (Wildman–Crippen MR) is 115 cm³/mol. The van der Waals surface area contributed by atoms with Crippen molar-refractivity contribution in [3.8, 4) is 11.4 Å². The predicted octanol–water partition coefficient (Wildman–Crippen LogP) is 4.51. The third-order valence-electron chi connectivity index (χ3n) is 5.78. The molecule has 31 heavy (non-hydrogen) atoms. The molecule has 0 radical (unpaired) electrons. The van der Waals surface area contributed by atoms with Crippen molar-refractivity contribution < 1.29 is 9.72 Å². The Morgan fingerprint density at radius 2 is 1.81 bits per heavy atom. The third kappa shape index (κ3) is 3.30. The number of nitrogens with zero attached hydrogens (tertiary/aromatic N) is 4. The van der Waals surface area contributed by atoms with E-state index in [4.69, 9.17) is 10.1 Å². The summed E-state index contributed by atoms with van der Waals surface area (Å²) in [6.07, 6.45) is 1.15. The van der Waals surface area contributed by atoms with Crippen molar-refractivity contribution in [2.75, 3.05) is 5.32 Å². The first kappa shape index (κ1) is 19.2. The van der Waals surface area contributed by atoms with Crippen molar-refractivity contribution in [3.63, 3.8) is 0 Å². The minimum Gasteiger partial charge on any atom is -0.328 e. The van der Waals surface area contributed by atoms with E-state index in [1.54, 1.807) is 16.8 Å². The lowest BCUT2D eigenvalue weighted by atomic mass is 9.73. The summed E-state index contributed by atoms with van der Waals surface area (Å²) in [7, 11) is 0. The van der Waals surface area contributed by atoms with Crippen LogP contribution in [0.2, 0.25) is 0 Å². The molecule has 0 amide bonds. The molecule has 0 saturated carbocycles. The molecule has 1 unspecified atom stereocenters. The van der Waals surface area contributed by atoms with Crippen LogP contribution < -0.4 is 5.32 Å². The maximum atomic E-state index is 13.2. The van der Waals surface area contributed by atoms with Gasteiger partial charge in [-0.2, -0.15) is 4.98 Å². The lowest BCUT2D eigenvalue weighted by molar-refractivity contribution is -0.384. The molecule has 1 atom stereocenters. The number of nitro benzene ring substituents is 1. The lowest BCUT2D eigenvalue weighted by Gasteiger charge is -2.38. The fourth-order valence-electron chi connectivity index (χ4n) is 4.41. The maximum Gasteiger partial charge on any atom is 0.269 e. The Hall–Kier alpha value is -3.81. The van der Waals surface area contributed by atoms with Gasteiger partial charge in [0.05, 0.1) is 4.92 Å². The summed E-state index contributed by atoms with van der Waals surface area (Å²) in [5.74, 6) is 1.18. The van der Waals surface area contributed by atoms with Crippen LogP contribution in [0, 0.1) is 15.5 Å². The number of rotatable bonds is 3. The molecule has 0 fully saturated rings. The van der Waals surface area contributed by atoms with E-state index in [0.717, 1.165) is 16.8 Å². The standard InChI is InChI=1S/C23H21N5O3/c1-23(2)12-17-19(18(29)13-23)20(14-8-10-16(11-9-14)28(30)31)27-22(24-17)25-21(26-27)15-6-4-3-5-7-15/h3-11,20H,12-13H2,1-2H3,(H,24,25,26). The summed E-state index contributed by atoms with van der Waals surface area (Å²) < 4.78 is 1.72. The highest BCUT2D eigenvalue weighted by atomic mass is 16.6. The molecule has 0 spiro atoms. The van der Waals surface area contributed by atoms with E-state index in [0.29, 0.717) is 30.2 Å². The number of Topliss-reactive ketones (excluding diaryl/α,β-unsaturated/α-hetero) is 1. The largest absolute Gasteiger partial charge is 0.328 e. The van der Waals surface area contributed by atoms with Gasteiger partial charge in [0.15, 0.2) is 11.6 Å². The van der Waals surface area contributed by atoms with E-state index in [1.807, 2.05) is 30.3 Å². The van der Waals surface area contributed by atoms with Crippen molar-refractivity contribution >= 4 is 17.4 Å². The van der Waals surface area contributed by atoms with Gasteiger partial charge in [0.25, 0.3) is 5.69 Å². The number of non-ortho nitro benzene ring substituents is 1. The van der Waals surface area contributed by atoms with Gasteiger partial charge >= 0.3 is 0 Å². The molecule has 1 aromatic heterocycles. The molecule has 0 saturated heterocycles. The Bertz CT molecular complexity index is 1230. The molecular formula is C23H21N5O3. The normalized spacial score (nSPS) is 19.4. The number of aromatic nitrogens is 3. The molecule has 2 aliphatic rings. The highest BCUT2D eigenvalue weighted by molar-refractivity contribution is 6.00. The van der Waals surface area contributed by atoms with Gasteiger partial charge in [-0.05, 0) is 29.5 Å². The fraction of sp³-hybridized carbons (Fsp3) is 0.261. The lowest BCUT2D eigenvalue weighted by Crippen LogP contribution is -2.36. The number of nitro groups is 1. The minimum absolute atomic E-state index is 0.00628. The van der Waals surface area contributed by atoms with E-state index < -0.39 is 11.0 Å². The second kappa shape index (κ2) is 6.87. The first-order chi connectivity index (χ1) is 14.8. The Labute approximate surface area is 178 Å². The summed E-state index contributed by atoms with van der Waals surface area (Å²) >= 11 is 0. The summed E-state index contributed by atoms with van der Waals surface area (Å²) in [6, 6.07) is 15.5. The van der Waals surface area contributed by atoms with Crippen molar-refractivity contribution in [2.45, 2.75) is 32.7 Å². The average Bonchev–Trinajstić information content (AvgIpc) is 3.16. The first-order valence-electron chi connectivity index (χ1n) is 10.1. The molecule has 2 aromatic carbocycles. The van der Waals surface area contributed by atoms with Gasteiger partial charge in [0.2, 0.25) is 5.95 Å². The Kier molecular flexibility index (Phi) is 4.25. The number of carbonyl (C=O) groups is 1. The summed E-state index contributed by atoms with van der Waals surface area (Å²) in [4.78, 5) is 28.6. The smallest absolute Gasteiger partial charge is 0.269 e. The number of nitrogens with one attached hydrogen (secondary N) is 1. The number of carbonyl (C=O) groups excluding carboxylic acids is 1. The van der Waals surface area contributed by atoms with Gasteiger partial charge in [-0.25, -0.2) is 4.68 Å². The molecule has 8 heteroatoms. The van der Waals surface area contributed by atoms with Crippen LogP contribution in [0.25, 0.3) is 11.4 Å². The SMILES string of the molecule is CC1(C)CC(=O)C2=C(C1)Nc1nc(-c3ccccc3)nn1C2c1ccc([N+](=O)[O-])cc1.